The summed E-state index contributed by atoms with van der Waals surface area (Å²) in [5.41, 5.74) is 2.58. The van der Waals surface area contributed by atoms with Gasteiger partial charge in [0.25, 0.3) is 5.91 Å². The zero-order valence-corrected chi connectivity index (χ0v) is 14.7. The summed E-state index contributed by atoms with van der Waals surface area (Å²) in [6, 6.07) is 14.7. The summed E-state index contributed by atoms with van der Waals surface area (Å²) in [6.07, 6.45) is 0.362. The van der Waals surface area contributed by atoms with Crippen LogP contribution in [0.15, 0.2) is 42.5 Å². The third-order valence-electron chi connectivity index (χ3n) is 3.63. The molecule has 0 saturated carbocycles. The van der Waals surface area contributed by atoms with E-state index in [1.165, 1.54) is 0 Å². The zero-order valence-electron chi connectivity index (χ0n) is 13.2. The molecule has 24 heavy (non-hydrogen) atoms. The highest BCUT2D eigenvalue weighted by atomic mass is 35.5. The molecule has 0 fully saturated rings. The molecule has 0 aromatic heterocycles. The second kappa shape index (κ2) is 8.70. The fourth-order valence-electron chi connectivity index (χ4n) is 2.29. The summed E-state index contributed by atoms with van der Waals surface area (Å²) < 4.78 is 0. The summed E-state index contributed by atoms with van der Waals surface area (Å²) in [7, 11) is 0. The number of carbonyl (C=O) groups excluding carboxylic acids is 1. The topological polar surface area (TPSA) is 69.5 Å². The molecule has 0 aliphatic rings. The van der Waals surface area contributed by atoms with Gasteiger partial charge in [0.2, 0.25) is 0 Å². The van der Waals surface area contributed by atoms with E-state index in [0.717, 1.165) is 11.1 Å². The number of benzene rings is 2. The van der Waals surface area contributed by atoms with Crippen LogP contribution in [0.4, 0.5) is 5.69 Å². The van der Waals surface area contributed by atoms with Gasteiger partial charge in [-0.1, -0.05) is 41.4 Å². The van der Waals surface area contributed by atoms with Crippen LogP contribution >= 0.6 is 23.2 Å². The SMILES string of the molecule is C[C@H]([NH2+]CC(=O)Nc1ccc(CC#N)cc1)c1ccc(Cl)cc1Cl. The summed E-state index contributed by atoms with van der Waals surface area (Å²) in [4.78, 5) is 12.0. The number of halogens is 2. The number of anilines is 1. The Bertz CT molecular complexity index is 754. The number of hydrogen-bond acceptors (Lipinski definition) is 2. The van der Waals surface area contributed by atoms with Crippen molar-refractivity contribution >= 4 is 34.8 Å². The van der Waals surface area contributed by atoms with Gasteiger partial charge in [-0.3, -0.25) is 4.79 Å². The van der Waals surface area contributed by atoms with E-state index < -0.39 is 0 Å². The minimum Gasteiger partial charge on any atom is -0.332 e. The van der Waals surface area contributed by atoms with Crippen molar-refractivity contribution in [2.24, 2.45) is 0 Å². The van der Waals surface area contributed by atoms with Crippen LogP contribution < -0.4 is 10.6 Å². The quantitative estimate of drug-likeness (QED) is 0.827. The standard InChI is InChI=1S/C18H17Cl2N3O/c1-12(16-7-4-14(19)10-17(16)20)22-11-18(24)23-15-5-2-13(3-6-15)8-9-21/h2-7,10,12,22H,8,11H2,1H3,(H,23,24)/p+1/t12-/m0/s1. The van der Waals surface area contributed by atoms with Crippen LogP contribution in [-0.2, 0) is 11.2 Å². The van der Waals surface area contributed by atoms with Gasteiger partial charge in [0.05, 0.1) is 17.5 Å². The predicted octanol–water partition coefficient (Wildman–Crippen LogP) is 3.32. The molecule has 0 spiro atoms. The lowest BCUT2D eigenvalue weighted by molar-refractivity contribution is -0.682. The van der Waals surface area contributed by atoms with Crippen LogP contribution in [-0.4, -0.2) is 12.5 Å². The Labute approximate surface area is 151 Å². The molecule has 0 aliphatic heterocycles. The number of nitrogens with zero attached hydrogens (tertiary/aromatic N) is 1. The van der Waals surface area contributed by atoms with Gasteiger partial charge in [-0.15, -0.1) is 0 Å². The Morgan fingerprint density at radius 2 is 1.96 bits per heavy atom. The van der Waals surface area contributed by atoms with E-state index in [9.17, 15) is 4.79 Å². The Morgan fingerprint density at radius 1 is 1.25 bits per heavy atom. The lowest BCUT2D eigenvalue weighted by atomic mass is 10.1. The Kier molecular flexibility index (Phi) is 6.62. The lowest BCUT2D eigenvalue weighted by Gasteiger charge is -2.13. The third kappa shape index (κ3) is 5.24. The number of carbonyl (C=O) groups is 1. The summed E-state index contributed by atoms with van der Waals surface area (Å²) in [5, 5.41) is 14.6. The van der Waals surface area contributed by atoms with Gasteiger partial charge in [0.15, 0.2) is 6.54 Å². The van der Waals surface area contributed by atoms with Gasteiger partial charge in [-0.2, -0.15) is 5.26 Å². The molecule has 0 heterocycles. The van der Waals surface area contributed by atoms with E-state index in [-0.39, 0.29) is 18.5 Å². The molecule has 0 bridgehead atoms. The van der Waals surface area contributed by atoms with Crippen LogP contribution in [0.2, 0.25) is 10.0 Å². The van der Waals surface area contributed by atoms with E-state index in [4.69, 9.17) is 28.5 Å². The molecule has 6 heteroatoms. The Morgan fingerprint density at radius 3 is 2.58 bits per heavy atom. The number of quaternary nitrogens is 1. The zero-order chi connectivity index (χ0) is 17.5. The van der Waals surface area contributed by atoms with Crippen molar-refractivity contribution in [2.75, 3.05) is 11.9 Å². The first kappa shape index (κ1) is 18.3. The molecule has 2 aromatic rings. The number of hydrogen-bond donors (Lipinski definition) is 2. The van der Waals surface area contributed by atoms with Gasteiger partial charge in [0, 0.05) is 16.3 Å². The number of nitrogens with two attached hydrogens (primary N) is 1. The minimum absolute atomic E-state index is 0.0403. The predicted molar refractivity (Wildman–Crippen MR) is 96.1 cm³/mol. The Balaban J connectivity index is 1.87. The summed E-state index contributed by atoms with van der Waals surface area (Å²) >= 11 is 12.1. The van der Waals surface area contributed by atoms with E-state index in [1.807, 2.05) is 30.4 Å². The maximum atomic E-state index is 12.0. The first-order valence-electron chi connectivity index (χ1n) is 7.53. The molecule has 1 atom stereocenters. The minimum atomic E-state index is -0.0973. The molecule has 0 saturated heterocycles. The van der Waals surface area contributed by atoms with Crippen molar-refractivity contribution in [3.8, 4) is 6.07 Å². The third-order valence-corrected chi connectivity index (χ3v) is 4.19. The maximum Gasteiger partial charge on any atom is 0.279 e. The molecule has 0 radical (unpaired) electrons. The van der Waals surface area contributed by atoms with Gasteiger partial charge < -0.3 is 10.6 Å². The van der Waals surface area contributed by atoms with Crippen molar-refractivity contribution in [3.63, 3.8) is 0 Å². The van der Waals surface area contributed by atoms with E-state index in [0.29, 0.717) is 22.2 Å². The normalized spacial score (nSPS) is 11.6. The van der Waals surface area contributed by atoms with Crippen molar-refractivity contribution < 1.29 is 10.1 Å². The first-order chi connectivity index (χ1) is 11.5. The van der Waals surface area contributed by atoms with Crippen LogP contribution in [0.3, 0.4) is 0 Å². The number of amides is 1. The Hall–Kier alpha value is -2.06. The number of nitriles is 1. The molecule has 0 aliphatic carbocycles. The smallest absolute Gasteiger partial charge is 0.279 e. The van der Waals surface area contributed by atoms with Crippen LogP contribution in [0, 0.1) is 11.3 Å². The van der Waals surface area contributed by atoms with Crippen molar-refractivity contribution in [1.82, 2.24) is 0 Å². The molecule has 2 rings (SSSR count). The maximum absolute atomic E-state index is 12.0. The molecule has 2 aromatic carbocycles. The fraction of sp³-hybridized carbons (Fsp3) is 0.222. The van der Waals surface area contributed by atoms with Crippen LogP contribution in [0.25, 0.3) is 0 Å². The second-order valence-corrected chi connectivity index (χ2v) is 6.32. The summed E-state index contributed by atoms with van der Waals surface area (Å²) in [6.45, 7) is 2.26. The van der Waals surface area contributed by atoms with Gasteiger partial charge >= 0.3 is 0 Å². The highest BCUT2D eigenvalue weighted by Crippen LogP contribution is 2.24. The average Bonchev–Trinajstić information content (AvgIpc) is 2.55. The average molecular weight is 363 g/mol. The second-order valence-electron chi connectivity index (χ2n) is 5.47. The van der Waals surface area contributed by atoms with Gasteiger partial charge in [-0.25, -0.2) is 0 Å². The molecule has 124 valence electrons. The van der Waals surface area contributed by atoms with Crippen molar-refractivity contribution in [1.29, 1.82) is 5.26 Å². The molecular formula is C18H18Cl2N3O+. The first-order valence-corrected chi connectivity index (χ1v) is 8.29. The molecule has 1 amide bonds. The highest BCUT2D eigenvalue weighted by Gasteiger charge is 2.15. The summed E-state index contributed by atoms with van der Waals surface area (Å²) in [5.74, 6) is -0.0973. The molecule has 0 unspecified atom stereocenters. The van der Waals surface area contributed by atoms with E-state index in [2.05, 4.69) is 11.4 Å². The molecule has 4 nitrogen and oxygen atoms in total. The lowest BCUT2D eigenvalue weighted by Crippen LogP contribution is -2.86. The monoisotopic (exact) mass is 362 g/mol. The van der Waals surface area contributed by atoms with Gasteiger partial charge in [-0.05, 0) is 36.8 Å². The number of rotatable bonds is 6. The van der Waals surface area contributed by atoms with E-state index >= 15 is 0 Å². The van der Waals surface area contributed by atoms with Crippen molar-refractivity contribution in [3.05, 3.63) is 63.6 Å². The van der Waals surface area contributed by atoms with Crippen molar-refractivity contribution in [2.45, 2.75) is 19.4 Å². The van der Waals surface area contributed by atoms with Crippen LogP contribution in [0.1, 0.15) is 24.1 Å². The largest absolute Gasteiger partial charge is 0.332 e. The van der Waals surface area contributed by atoms with Crippen LogP contribution in [0.5, 0.6) is 0 Å². The van der Waals surface area contributed by atoms with Gasteiger partial charge in [0.1, 0.15) is 6.04 Å². The fourth-order valence-corrected chi connectivity index (χ4v) is 2.87. The molecular weight excluding hydrogens is 345 g/mol. The number of nitrogens with one attached hydrogen (secondary N) is 1. The molecule has 3 N–H and O–H groups in total. The highest BCUT2D eigenvalue weighted by molar-refractivity contribution is 6.35. The van der Waals surface area contributed by atoms with E-state index in [1.54, 1.807) is 24.3 Å².